The molecule has 0 aliphatic rings. The van der Waals surface area contributed by atoms with Crippen molar-refractivity contribution in [2.45, 2.75) is 6.92 Å². The Balaban J connectivity index is 3.60. The van der Waals surface area contributed by atoms with E-state index < -0.39 is 9.89 Å². The quantitative estimate of drug-likeness (QED) is 0.458. The fraction of sp³-hybridized carbons (Fsp3) is 0.667. The van der Waals surface area contributed by atoms with E-state index in [1.54, 1.807) is 0 Å². The third-order valence-electron chi connectivity index (χ3n) is 0.389. The molecule has 0 heterocycles. The molecule has 0 aromatic heterocycles. The first kappa shape index (κ1) is 6.94. The van der Waals surface area contributed by atoms with Crippen LogP contribution >= 0.6 is 0 Å². The van der Waals surface area contributed by atoms with Crippen LogP contribution in [0.3, 0.4) is 0 Å². The highest BCUT2D eigenvalue weighted by atomic mass is 32.2. The van der Waals surface area contributed by atoms with Crippen LogP contribution in [0.25, 0.3) is 0 Å². The molecule has 0 fully saturated rings. The average Bonchev–Trinajstić information content (AvgIpc) is 1.30. The zero-order valence-electron chi connectivity index (χ0n) is 4.31. The number of rotatable bonds is 2. The molecule has 1 atom stereocenters. The normalized spacial score (nSPS) is 18.6. The summed E-state index contributed by atoms with van der Waals surface area (Å²) < 4.78 is 12.8. The van der Waals surface area contributed by atoms with Crippen LogP contribution in [0.2, 0.25) is 0 Å². The second kappa shape index (κ2) is 2.30. The van der Waals surface area contributed by atoms with Gasteiger partial charge in [-0.2, -0.15) is 0 Å². The molecule has 4 heteroatoms. The van der Waals surface area contributed by atoms with Crippen molar-refractivity contribution in [2.24, 2.45) is 5.14 Å². The Bertz CT molecular complexity index is 126. The van der Waals surface area contributed by atoms with Gasteiger partial charge in [-0.05, 0) is 5.87 Å². The highest BCUT2D eigenvalue weighted by Gasteiger charge is 1.84. The first-order valence-corrected chi connectivity index (χ1v) is 3.75. The van der Waals surface area contributed by atoms with E-state index in [4.69, 9.17) is 5.14 Å². The largest absolute Gasteiger partial charge is 0.248 e. The Morgan fingerprint density at radius 1 is 2.00 bits per heavy atom. The van der Waals surface area contributed by atoms with Gasteiger partial charge in [0, 0.05) is 6.54 Å². The summed E-state index contributed by atoms with van der Waals surface area (Å²) in [6.45, 7) is 2.41. The topological polar surface area (TPSA) is 55.1 Å². The lowest BCUT2D eigenvalue weighted by Crippen LogP contribution is -2.29. The molecule has 3 N–H and O–H groups in total. The summed E-state index contributed by atoms with van der Waals surface area (Å²) in [5, 5.41) is 4.95. The summed E-state index contributed by atoms with van der Waals surface area (Å²) in [5.41, 5.74) is 0. The van der Waals surface area contributed by atoms with Gasteiger partial charge in [0.25, 0.3) is 0 Å². The van der Waals surface area contributed by atoms with Crippen LogP contribution in [0.5, 0.6) is 0 Å². The van der Waals surface area contributed by atoms with E-state index in [1.165, 1.54) is 0 Å². The first-order valence-electron chi connectivity index (χ1n) is 1.96. The van der Waals surface area contributed by atoms with Crippen LogP contribution in [0.4, 0.5) is 0 Å². The predicted molar refractivity (Wildman–Crippen MR) is 33.1 cm³/mol. The van der Waals surface area contributed by atoms with E-state index in [-0.39, 0.29) is 0 Å². The lowest BCUT2D eigenvalue weighted by molar-refractivity contribution is 0.673. The molecular weight excluding hydrogens is 112 g/mol. The van der Waals surface area contributed by atoms with E-state index in [0.717, 1.165) is 0 Å². The number of hydrogen-bond acceptors (Lipinski definition) is 1. The third-order valence-corrected chi connectivity index (χ3v) is 1.17. The molecule has 0 aliphatic carbocycles. The molecule has 7 heavy (non-hydrogen) atoms. The van der Waals surface area contributed by atoms with Crippen molar-refractivity contribution >= 4 is 15.8 Å². The molecule has 0 aromatic carbocycles. The second-order valence-electron chi connectivity index (χ2n) is 1.22. The van der Waals surface area contributed by atoms with Crippen molar-refractivity contribution in [3.8, 4) is 0 Å². The maximum Gasteiger partial charge on any atom is 0.0825 e. The van der Waals surface area contributed by atoms with Crippen LogP contribution in [-0.4, -0.2) is 16.6 Å². The van der Waals surface area contributed by atoms with Gasteiger partial charge in [-0.15, -0.1) is 0 Å². The van der Waals surface area contributed by atoms with Crippen molar-refractivity contribution in [1.82, 2.24) is 4.72 Å². The Morgan fingerprint density at radius 3 is 2.43 bits per heavy atom. The highest BCUT2D eigenvalue weighted by Crippen LogP contribution is 1.61. The minimum absolute atomic E-state index is 0.596. The molecule has 44 valence electrons. The van der Waals surface area contributed by atoms with Crippen LogP contribution in [0, 0.1) is 0 Å². The van der Waals surface area contributed by atoms with Crippen LogP contribution in [0.1, 0.15) is 6.92 Å². The molecule has 0 amide bonds. The molecule has 1 unspecified atom stereocenters. The van der Waals surface area contributed by atoms with Crippen LogP contribution in [0.15, 0.2) is 0 Å². The van der Waals surface area contributed by atoms with E-state index in [2.05, 4.69) is 10.6 Å². The molecule has 3 nitrogen and oxygen atoms in total. The summed E-state index contributed by atoms with van der Waals surface area (Å²) in [7, 11) is -2.42. The minimum Gasteiger partial charge on any atom is -0.248 e. The maximum absolute atomic E-state index is 10.3. The molecule has 0 aromatic rings. The molecule has 0 spiro atoms. The Labute approximate surface area is 44.2 Å². The van der Waals surface area contributed by atoms with Crippen molar-refractivity contribution in [3.63, 3.8) is 0 Å². The zero-order valence-corrected chi connectivity index (χ0v) is 5.12. The number of hydrogen-bond donors (Lipinski definition) is 2. The van der Waals surface area contributed by atoms with Gasteiger partial charge in [0.05, 0.1) is 9.89 Å². The van der Waals surface area contributed by atoms with E-state index >= 15 is 0 Å². The molecular formula is C3H10N2OS. The SMILES string of the molecule is C=S(N)(=O)NCC. The van der Waals surface area contributed by atoms with Gasteiger partial charge in [-0.25, -0.2) is 14.1 Å². The second-order valence-corrected chi connectivity index (χ2v) is 2.97. The Hall–Kier alpha value is -0.0600. The Morgan fingerprint density at radius 2 is 2.43 bits per heavy atom. The molecule has 0 bridgehead atoms. The lowest BCUT2D eigenvalue weighted by atomic mass is 10.8. The van der Waals surface area contributed by atoms with E-state index in [1.807, 2.05) is 6.92 Å². The van der Waals surface area contributed by atoms with Gasteiger partial charge in [-0.1, -0.05) is 6.92 Å². The Kier molecular flexibility index (Phi) is 2.28. The molecule has 0 rings (SSSR count). The molecule has 0 saturated carbocycles. The lowest BCUT2D eigenvalue weighted by Gasteiger charge is -1.98. The van der Waals surface area contributed by atoms with E-state index in [0.29, 0.717) is 6.54 Å². The molecule has 0 radical (unpaired) electrons. The summed E-state index contributed by atoms with van der Waals surface area (Å²) in [5.74, 6) is 3.15. The third kappa shape index (κ3) is 5.94. The van der Waals surface area contributed by atoms with Crippen molar-refractivity contribution in [2.75, 3.05) is 6.54 Å². The fourth-order valence-corrected chi connectivity index (χ4v) is 0.733. The summed E-state index contributed by atoms with van der Waals surface area (Å²) in [6.07, 6.45) is 0. The number of nitrogens with one attached hydrogen (secondary N) is 1. The molecule has 0 saturated heterocycles. The van der Waals surface area contributed by atoms with Gasteiger partial charge >= 0.3 is 0 Å². The predicted octanol–water partition coefficient (Wildman–Crippen LogP) is -0.899. The zero-order chi connectivity index (χ0) is 5.91. The van der Waals surface area contributed by atoms with Gasteiger partial charge < -0.3 is 0 Å². The number of nitrogens with two attached hydrogens (primary N) is 1. The van der Waals surface area contributed by atoms with E-state index in [9.17, 15) is 4.21 Å². The minimum atomic E-state index is -2.42. The first-order chi connectivity index (χ1) is 3.06. The van der Waals surface area contributed by atoms with Gasteiger partial charge in [-0.3, -0.25) is 0 Å². The monoisotopic (exact) mass is 122 g/mol. The van der Waals surface area contributed by atoms with Gasteiger partial charge in [0.2, 0.25) is 0 Å². The standard InChI is InChI=1S/C3H10N2OS/c1-3-5-7(2,4)6/h2-3H2,1H3,(H3,4,5,6). The average molecular weight is 122 g/mol. The molecule has 0 aliphatic heterocycles. The summed E-state index contributed by atoms with van der Waals surface area (Å²) in [6, 6.07) is 0. The maximum atomic E-state index is 10.3. The van der Waals surface area contributed by atoms with Crippen molar-refractivity contribution in [3.05, 3.63) is 0 Å². The smallest absolute Gasteiger partial charge is 0.0825 e. The fourth-order valence-electron chi connectivity index (χ4n) is 0.244. The van der Waals surface area contributed by atoms with Crippen molar-refractivity contribution in [1.29, 1.82) is 0 Å². The van der Waals surface area contributed by atoms with Crippen LogP contribution in [-0.2, 0) is 9.89 Å². The van der Waals surface area contributed by atoms with Crippen LogP contribution < -0.4 is 9.86 Å². The highest BCUT2D eigenvalue weighted by molar-refractivity contribution is 7.96. The summed E-state index contributed by atoms with van der Waals surface area (Å²) >= 11 is 0. The van der Waals surface area contributed by atoms with Crippen molar-refractivity contribution < 1.29 is 4.21 Å². The van der Waals surface area contributed by atoms with Gasteiger partial charge in [0.1, 0.15) is 0 Å². The van der Waals surface area contributed by atoms with Gasteiger partial charge in [0.15, 0.2) is 0 Å². The summed E-state index contributed by atoms with van der Waals surface area (Å²) in [4.78, 5) is 0.